The van der Waals surface area contributed by atoms with Gasteiger partial charge >= 0.3 is 0 Å². The first kappa shape index (κ1) is 11.6. The van der Waals surface area contributed by atoms with Crippen LogP contribution in [0.5, 0.6) is 0 Å². The second-order valence-corrected chi connectivity index (χ2v) is 4.95. The molecule has 0 aliphatic carbocycles. The van der Waals surface area contributed by atoms with Gasteiger partial charge < -0.3 is 0 Å². The van der Waals surface area contributed by atoms with Gasteiger partial charge in [-0.15, -0.1) is 11.3 Å². The van der Waals surface area contributed by atoms with E-state index in [0.29, 0.717) is 5.56 Å². The molecule has 0 unspecified atom stereocenters. The van der Waals surface area contributed by atoms with Crippen LogP contribution in [-0.4, -0.2) is 4.98 Å². The number of nitriles is 1. The van der Waals surface area contributed by atoms with Crippen molar-refractivity contribution in [3.8, 4) is 27.9 Å². The van der Waals surface area contributed by atoms with E-state index < -0.39 is 0 Å². The van der Waals surface area contributed by atoms with Crippen molar-refractivity contribution in [1.82, 2.24) is 4.98 Å². The third-order valence-corrected chi connectivity index (χ3v) is 3.73. The molecule has 90 valence electrons. The molecule has 0 atom stereocenters. The minimum atomic E-state index is 0.670. The predicted molar refractivity (Wildman–Crippen MR) is 77.7 cm³/mol. The first-order chi connectivity index (χ1) is 9.36. The van der Waals surface area contributed by atoms with Crippen molar-refractivity contribution in [2.45, 2.75) is 0 Å². The quantitative estimate of drug-likeness (QED) is 0.688. The third kappa shape index (κ3) is 2.40. The van der Waals surface area contributed by atoms with Crippen LogP contribution in [0, 0.1) is 11.3 Å². The number of benzene rings is 2. The van der Waals surface area contributed by atoms with E-state index in [2.05, 4.69) is 28.6 Å². The lowest BCUT2D eigenvalue weighted by Crippen LogP contribution is -1.80. The van der Waals surface area contributed by atoms with Gasteiger partial charge in [0.05, 0.1) is 17.3 Å². The maximum atomic E-state index is 8.79. The van der Waals surface area contributed by atoms with Crippen LogP contribution in [0.4, 0.5) is 0 Å². The summed E-state index contributed by atoms with van der Waals surface area (Å²) in [5.74, 6) is 0. The molecule has 3 rings (SSSR count). The monoisotopic (exact) mass is 262 g/mol. The van der Waals surface area contributed by atoms with E-state index >= 15 is 0 Å². The Kier molecular flexibility index (Phi) is 3.09. The first-order valence-corrected chi connectivity index (χ1v) is 6.76. The summed E-state index contributed by atoms with van der Waals surface area (Å²) in [6.45, 7) is 0. The molecule has 19 heavy (non-hydrogen) atoms. The van der Waals surface area contributed by atoms with E-state index in [1.54, 1.807) is 11.3 Å². The van der Waals surface area contributed by atoms with Gasteiger partial charge in [0.15, 0.2) is 0 Å². The number of thiazole rings is 1. The third-order valence-electron chi connectivity index (χ3n) is 2.83. The van der Waals surface area contributed by atoms with Crippen molar-refractivity contribution in [3.05, 3.63) is 65.5 Å². The molecule has 1 aromatic heterocycles. The fraction of sp³-hybridized carbons (Fsp3) is 0. The SMILES string of the molecule is N#Cc1ccc(-c2nc(-c3ccccc3)cs2)cc1. The molecular formula is C16H10N2S. The summed E-state index contributed by atoms with van der Waals surface area (Å²) < 4.78 is 0. The summed E-state index contributed by atoms with van der Waals surface area (Å²) in [6.07, 6.45) is 0. The Morgan fingerprint density at radius 1 is 0.895 bits per heavy atom. The van der Waals surface area contributed by atoms with Crippen molar-refractivity contribution in [1.29, 1.82) is 5.26 Å². The molecule has 0 bridgehead atoms. The lowest BCUT2D eigenvalue weighted by atomic mass is 10.1. The number of rotatable bonds is 2. The topological polar surface area (TPSA) is 36.7 Å². The van der Waals surface area contributed by atoms with Crippen LogP contribution >= 0.6 is 11.3 Å². The van der Waals surface area contributed by atoms with Gasteiger partial charge in [-0.1, -0.05) is 42.5 Å². The van der Waals surface area contributed by atoms with E-state index in [9.17, 15) is 0 Å². The Labute approximate surface area is 115 Å². The summed E-state index contributed by atoms with van der Waals surface area (Å²) >= 11 is 1.62. The van der Waals surface area contributed by atoms with Crippen molar-refractivity contribution in [2.24, 2.45) is 0 Å². The minimum absolute atomic E-state index is 0.670. The summed E-state index contributed by atoms with van der Waals surface area (Å²) in [5.41, 5.74) is 3.83. The highest BCUT2D eigenvalue weighted by molar-refractivity contribution is 7.13. The molecule has 0 saturated carbocycles. The number of aromatic nitrogens is 1. The normalized spacial score (nSPS) is 10.1. The molecule has 0 N–H and O–H groups in total. The lowest BCUT2D eigenvalue weighted by molar-refractivity contribution is 1.40. The number of hydrogen-bond donors (Lipinski definition) is 0. The Balaban J connectivity index is 1.95. The maximum Gasteiger partial charge on any atom is 0.124 e. The Bertz CT molecular complexity index is 721. The first-order valence-electron chi connectivity index (χ1n) is 5.88. The maximum absolute atomic E-state index is 8.79. The molecule has 2 aromatic carbocycles. The molecule has 2 nitrogen and oxygen atoms in total. The van der Waals surface area contributed by atoms with E-state index in [0.717, 1.165) is 21.8 Å². The fourth-order valence-corrected chi connectivity index (χ4v) is 2.67. The molecule has 0 aliphatic rings. The van der Waals surface area contributed by atoms with Gasteiger partial charge in [-0.3, -0.25) is 0 Å². The average Bonchev–Trinajstić information content (AvgIpc) is 2.98. The molecule has 0 amide bonds. The highest BCUT2D eigenvalue weighted by Crippen LogP contribution is 2.28. The molecule has 0 saturated heterocycles. The molecule has 1 heterocycles. The highest BCUT2D eigenvalue weighted by Gasteiger charge is 2.06. The second-order valence-electron chi connectivity index (χ2n) is 4.09. The zero-order valence-electron chi connectivity index (χ0n) is 10.1. The Morgan fingerprint density at radius 2 is 1.63 bits per heavy atom. The second kappa shape index (κ2) is 5.05. The summed E-state index contributed by atoms with van der Waals surface area (Å²) in [7, 11) is 0. The van der Waals surface area contributed by atoms with Crippen LogP contribution in [0.25, 0.3) is 21.8 Å². The zero-order valence-corrected chi connectivity index (χ0v) is 10.9. The Morgan fingerprint density at radius 3 is 2.32 bits per heavy atom. The van der Waals surface area contributed by atoms with Crippen molar-refractivity contribution < 1.29 is 0 Å². The van der Waals surface area contributed by atoms with Crippen LogP contribution < -0.4 is 0 Å². The van der Waals surface area contributed by atoms with Gasteiger partial charge in [-0.2, -0.15) is 5.26 Å². The van der Waals surface area contributed by atoms with E-state index in [-0.39, 0.29) is 0 Å². The zero-order chi connectivity index (χ0) is 13.1. The van der Waals surface area contributed by atoms with Crippen molar-refractivity contribution in [2.75, 3.05) is 0 Å². The van der Waals surface area contributed by atoms with Gasteiger partial charge in [0.1, 0.15) is 5.01 Å². The fourth-order valence-electron chi connectivity index (χ4n) is 1.84. The van der Waals surface area contributed by atoms with E-state index in [1.807, 2.05) is 42.5 Å². The van der Waals surface area contributed by atoms with Gasteiger partial charge in [0.25, 0.3) is 0 Å². The summed E-state index contributed by atoms with van der Waals surface area (Å²) in [6, 6.07) is 19.8. The van der Waals surface area contributed by atoms with Gasteiger partial charge in [0.2, 0.25) is 0 Å². The molecule has 0 radical (unpaired) electrons. The van der Waals surface area contributed by atoms with E-state index in [1.165, 1.54) is 0 Å². The molecule has 0 spiro atoms. The average molecular weight is 262 g/mol. The van der Waals surface area contributed by atoms with Crippen LogP contribution in [0.3, 0.4) is 0 Å². The van der Waals surface area contributed by atoms with E-state index in [4.69, 9.17) is 5.26 Å². The smallest absolute Gasteiger partial charge is 0.124 e. The van der Waals surface area contributed by atoms with Crippen LogP contribution in [0.1, 0.15) is 5.56 Å². The standard InChI is InChI=1S/C16H10N2S/c17-10-12-6-8-14(9-7-12)16-18-15(11-19-16)13-4-2-1-3-5-13/h1-9,11H. The molecule has 3 heteroatoms. The number of nitrogens with zero attached hydrogens (tertiary/aromatic N) is 2. The molecule has 3 aromatic rings. The predicted octanol–water partition coefficient (Wildman–Crippen LogP) is 4.35. The Hall–Kier alpha value is -2.44. The van der Waals surface area contributed by atoms with Crippen LogP contribution in [0.15, 0.2) is 60.0 Å². The lowest BCUT2D eigenvalue weighted by Gasteiger charge is -1.96. The minimum Gasteiger partial charge on any atom is -0.236 e. The number of hydrogen-bond acceptors (Lipinski definition) is 3. The molecule has 0 fully saturated rings. The molecular weight excluding hydrogens is 252 g/mol. The van der Waals surface area contributed by atoms with Gasteiger partial charge in [-0.05, 0) is 12.1 Å². The van der Waals surface area contributed by atoms with Crippen LogP contribution in [0.2, 0.25) is 0 Å². The largest absolute Gasteiger partial charge is 0.236 e. The van der Waals surface area contributed by atoms with Gasteiger partial charge in [-0.25, -0.2) is 4.98 Å². The van der Waals surface area contributed by atoms with Gasteiger partial charge in [0, 0.05) is 16.5 Å². The molecule has 0 aliphatic heterocycles. The van der Waals surface area contributed by atoms with Crippen molar-refractivity contribution >= 4 is 11.3 Å². The summed E-state index contributed by atoms with van der Waals surface area (Å²) in [4.78, 5) is 4.64. The van der Waals surface area contributed by atoms with Crippen LogP contribution in [-0.2, 0) is 0 Å². The highest BCUT2D eigenvalue weighted by atomic mass is 32.1. The summed E-state index contributed by atoms with van der Waals surface area (Å²) in [5, 5.41) is 11.8. The van der Waals surface area contributed by atoms with Crippen molar-refractivity contribution in [3.63, 3.8) is 0 Å².